The highest BCUT2D eigenvalue weighted by molar-refractivity contribution is 6.02. The number of aromatic amines is 1. The van der Waals surface area contributed by atoms with Crippen LogP contribution in [0.25, 0.3) is 22.2 Å². The van der Waals surface area contributed by atoms with Gasteiger partial charge in [0.25, 0.3) is 0 Å². The second-order valence-corrected chi connectivity index (χ2v) is 5.78. The molecule has 4 heterocycles. The van der Waals surface area contributed by atoms with Gasteiger partial charge in [0.15, 0.2) is 0 Å². The van der Waals surface area contributed by atoms with Crippen molar-refractivity contribution in [1.82, 2.24) is 19.9 Å². The van der Waals surface area contributed by atoms with Gasteiger partial charge in [-0.25, -0.2) is 15.0 Å². The Labute approximate surface area is 129 Å². The van der Waals surface area contributed by atoms with Crippen molar-refractivity contribution in [1.29, 1.82) is 0 Å². The van der Waals surface area contributed by atoms with Crippen molar-refractivity contribution in [3.63, 3.8) is 0 Å². The Balaban J connectivity index is 1.86. The van der Waals surface area contributed by atoms with Crippen molar-refractivity contribution in [3.8, 4) is 11.1 Å². The smallest absolute Gasteiger partial charge is 0.139 e. The first-order valence-corrected chi connectivity index (χ1v) is 7.90. The summed E-state index contributed by atoms with van der Waals surface area (Å²) in [7, 11) is 0. The second kappa shape index (κ2) is 5.75. The van der Waals surface area contributed by atoms with Gasteiger partial charge in [-0.2, -0.15) is 0 Å². The molecule has 3 aromatic rings. The number of nitrogens with one attached hydrogen (secondary N) is 1. The van der Waals surface area contributed by atoms with E-state index in [1.54, 1.807) is 6.33 Å². The lowest BCUT2D eigenvalue weighted by molar-refractivity contribution is 0.726. The Bertz CT molecular complexity index is 757. The number of H-pyrrole nitrogens is 1. The fraction of sp³-hybridized carbons (Fsp3) is 0.353. The highest BCUT2D eigenvalue weighted by Gasteiger charge is 2.17. The maximum absolute atomic E-state index is 4.48. The zero-order valence-corrected chi connectivity index (χ0v) is 12.5. The molecular weight excluding hydrogens is 274 g/mol. The molecule has 22 heavy (non-hydrogen) atoms. The third-order valence-corrected chi connectivity index (χ3v) is 4.37. The third-order valence-electron chi connectivity index (χ3n) is 4.37. The zero-order chi connectivity index (χ0) is 14.8. The van der Waals surface area contributed by atoms with Gasteiger partial charge in [-0.15, -0.1) is 0 Å². The molecule has 1 N–H and O–H groups in total. The summed E-state index contributed by atoms with van der Waals surface area (Å²) in [5.41, 5.74) is 4.35. The van der Waals surface area contributed by atoms with Crippen LogP contribution >= 0.6 is 0 Å². The summed E-state index contributed by atoms with van der Waals surface area (Å²) in [4.78, 5) is 18.6. The van der Waals surface area contributed by atoms with E-state index in [2.05, 4.69) is 30.9 Å². The molecule has 0 amide bonds. The van der Waals surface area contributed by atoms with Crippen LogP contribution in [0.4, 0.5) is 5.69 Å². The lowest BCUT2D eigenvalue weighted by atomic mass is 10.1. The van der Waals surface area contributed by atoms with Gasteiger partial charge in [-0.05, 0) is 18.9 Å². The zero-order valence-electron chi connectivity index (χ0n) is 12.5. The minimum Gasteiger partial charge on any atom is -0.371 e. The van der Waals surface area contributed by atoms with E-state index in [0.717, 1.165) is 29.9 Å². The fourth-order valence-corrected chi connectivity index (χ4v) is 3.28. The molecule has 0 spiro atoms. The summed E-state index contributed by atoms with van der Waals surface area (Å²) in [5, 5.41) is 1.18. The number of anilines is 1. The Hall–Kier alpha value is -2.43. The number of fused-ring (bicyclic) bond motifs is 1. The molecule has 1 saturated heterocycles. The van der Waals surface area contributed by atoms with Crippen molar-refractivity contribution in [2.75, 3.05) is 18.0 Å². The Morgan fingerprint density at radius 1 is 1.00 bits per heavy atom. The summed E-state index contributed by atoms with van der Waals surface area (Å²) in [6.45, 7) is 2.24. The predicted octanol–water partition coefficient (Wildman–Crippen LogP) is 3.40. The van der Waals surface area contributed by atoms with Crippen LogP contribution in [-0.2, 0) is 0 Å². The molecule has 0 bridgehead atoms. The van der Waals surface area contributed by atoms with Gasteiger partial charge in [0.2, 0.25) is 0 Å². The SMILES string of the molecule is c1ncc(-c2c[nH]c3nccc(N4CCCCCC4)c23)cn1. The number of rotatable bonds is 2. The van der Waals surface area contributed by atoms with Crippen LogP contribution in [-0.4, -0.2) is 33.0 Å². The highest BCUT2D eigenvalue weighted by Crippen LogP contribution is 2.35. The van der Waals surface area contributed by atoms with Crippen LogP contribution in [0.1, 0.15) is 25.7 Å². The third kappa shape index (κ3) is 2.32. The van der Waals surface area contributed by atoms with Gasteiger partial charge in [0.05, 0.1) is 0 Å². The van der Waals surface area contributed by atoms with Gasteiger partial charge in [0.1, 0.15) is 12.0 Å². The number of hydrogen-bond donors (Lipinski definition) is 1. The summed E-state index contributed by atoms with van der Waals surface area (Å²) in [6.07, 6.45) is 14.4. The Kier molecular flexibility index (Phi) is 3.46. The average Bonchev–Trinajstić information content (AvgIpc) is 2.82. The maximum atomic E-state index is 4.48. The molecule has 0 aliphatic carbocycles. The van der Waals surface area contributed by atoms with Gasteiger partial charge < -0.3 is 9.88 Å². The Morgan fingerprint density at radius 3 is 2.55 bits per heavy atom. The first kappa shape index (κ1) is 13.2. The maximum Gasteiger partial charge on any atom is 0.139 e. The molecule has 0 radical (unpaired) electrons. The number of nitrogens with zero attached hydrogens (tertiary/aromatic N) is 4. The molecule has 112 valence electrons. The number of pyridine rings is 1. The van der Waals surface area contributed by atoms with Crippen molar-refractivity contribution in [3.05, 3.63) is 37.2 Å². The molecular formula is C17H19N5. The number of aromatic nitrogens is 4. The standard InChI is InChI=1S/C17H19N5/c1-2-4-8-22(7-3-1)15-5-6-20-17-16(15)14(11-21-17)13-9-18-12-19-10-13/h5-6,9-12H,1-4,7-8H2,(H,20,21). The Morgan fingerprint density at radius 2 is 1.77 bits per heavy atom. The van der Waals surface area contributed by atoms with Crippen LogP contribution in [0.15, 0.2) is 37.2 Å². The monoisotopic (exact) mass is 293 g/mol. The summed E-state index contributed by atoms with van der Waals surface area (Å²) in [6, 6.07) is 2.13. The number of hydrogen-bond acceptors (Lipinski definition) is 4. The van der Waals surface area contributed by atoms with Gasteiger partial charge in [0, 0.05) is 60.1 Å². The molecule has 1 aliphatic heterocycles. The van der Waals surface area contributed by atoms with E-state index in [9.17, 15) is 0 Å². The van der Waals surface area contributed by atoms with E-state index in [4.69, 9.17) is 0 Å². The van der Waals surface area contributed by atoms with Crippen molar-refractivity contribution < 1.29 is 0 Å². The normalized spacial score (nSPS) is 15.9. The molecule has 5 nitrogen and oxygen atoms in total. The molecule has 0 unspecified atom stereocenters. The van der Waals surface area contributed by atoms with E-state index in [-0.39, 0.29) is 0 Å². The lowest BCUT2D eigenvalue weighted by Crippen LogP contribution is -2.24. The highest BCUT2D eigenvalue weighted by atomic mass is 15.1. The molecule has 0 aromatic carbocycles. The van der Waals surface area contributed by atoms with Crippen LogP contribution in [0, 0.1) is 0 Å². The minimum absolute atomic E-state index is 0.931. The van der Waals surface area contributed by atoms with Crippen molar-refractivity contribution in [2.24, 2.45) is 0 Å². The first-order valence-electron chi connectivity index (χ1n) is 7.90. The molecule has 1 aliphatic rings. The fourth-order valence-electron chi connectivity index (χ4n) is 3.28. The molecule has 1 fully saturated rings. The summed E-state index contributed by atoms with van der Waals surface area (Å²) >= 11 is 0. The van der Waals surface area contributed by atoms with E-state index >= 15 is 0 Å². The van der Waals surface area contributed by atoms with Crippen molar-refractivity contribution in [2.45, 2.75) is 25.7 Å². The van der Waals surface area contributed by atoms with E-state index in [0.29, 0.717) is 0 Å². The van der Waals surface area contributed by atoms with Gasteiger partial charge >= 0.3 is 0 Å². The molecule has 5 heteroatoms. The average molecular weight is 293 g/mol. The van der Waals surface area contributed by atoms with Crippen molar-refractivity contribution >= 4 is 16.7 Å². The van der Waals surface area contributed by atoms with E-state index < -0.39 is 0 Å². The van der Waals surface area contributed by atoms with Crippen LogP contribution < -0.4 is 4.90 Å². The molecule has 4 rings (SSSR count). The largest absolute Gasteiger partial charge is 0.371 e. The summed E-state index contributed by atoms with van der Waals surface area (Å²) < 4.78 is 0. The van der Waals surface area contributed by atoms with Crippen LogP contribution in [0.5, 0.6) is 0 Å². The lowest BCUT2D eigenvalue weighted by Gasteiger charge is -2.23. The van der Waals surface area contributed by atoms with Gasteiger partial charge in [-0.1, -0.05) is 12.8 Å². The molecule has 0 saturated carbocycles. The topological polar surface area (TPSA) is 57.7 Å². The molecule has 0 atom stereocenters. The predicted molar refractivity (Wildman–Crippen MR) is 87.8 cm³/mol. The van der Waals surface area contributed by atoms with E-state index in [1.807, 2.05) is 24.8 Å². The minimum atomic E-state index is 0.931. The van der Waals surface area contributed by atoms with Crippen LogP contribution in [0.2, 0.25) is 0 Å². The first-order chi connectivity index (χ1) is 10.9. The van der Waals surface area contributed by atoms with Gasteiger partial charge in [-0.3, -0.25) is 0 Å². The summed E-state index contributed by atoms with van der Waals surface area (Å²) in [5.74, 6) is 0. The quantitative estimate of drug-likeness (QED) is 0.786. The second-order valence-electron chi connectivity index (χ2n) is 5.78. The molecule has 3 aromatic heterocycles. The van der Waals surface area contributed by atoms with E-state index in [1.165, 1.54) is 36.8 Å². The van der Waals surface area contributed by atoms with Crippen LogP contribution in [0.3, 0.4) is 0 Å².